The summed E-state index contributed by atoms with van der Waals surface area (Å²) in [5.41, 5.74) is 12.2. The van der Waals surface area contributed by atoms with Crippen LogP contribution in [0.25, 0.3) is 65.3 Å². The molecule has 1 unspecified atom stereocenters. The van der Waals surface area contributed by atoms with E-state index >= 15 is 0 Å². The number of rotatable bonds is 3. The summed E-state index contributed by atoms with van der Waals surface area (Å²) in [7, 11) is 0. The SMILES string of the molecule is CC(N)c1ccc(-c2ccc3ccccc3c2-c2ccc3c4ccccc4c4ccccc4c3c2)cc1. The molecule has 0 aliphatic rings. The Morgan fingerprint density at radius 3 is 1.59 bits per heavy atom. The molecule has 0 aliphatic carbocycles. The van der Waals surface area contributed by atoms with Gasteiger partial charge in [-0.1, -0.05) is 121 Å². The van der Waals surface area contributed by atoms with Gasteiger partial charge in [-0.05, 0) is 83.9 Å². The van der Waals surface area contributed by atoms with Crippen molar-refractivity contribution in [2.75, 3.05) is 0 Å². The molecule has 1 heteroatoms. The second-order valence-corrected chi connectivity index (χ2v) is 9.97. The standard InChI is InChI=1S/C36H27N/c1-23(37)24-14-16-26(17-15-24)29-20-18-25-8-2-3-9-28(25)36(29)27-19-21-34-32-12-5-4-10-30(32)31-11-6-7-13-33(31)35(34)22-27/h2-23H,37H2,1H3. The first-order valence-corrected chi connectivity index (χ1v) is 12.9. The van der Waals surface area contributed by atoms with E-state index in [1.165, 1.54) is 65.3 Å². The van der Waals surface area contributed by atoms with Gasteiger partial charge in [-0.25, -0.2) is 0 Å². The van der Waals surface area contributed by atoms with E-state index in [1.807, 2.05) is 6.92 Å². The number of fused-ring (bicyclic) bond motifs is 7. The van der Waals surface area contributed by atoms with Gasteiger partial charge in [0.15, 0.2) is 0 Å². The molecule has 37 heavy (non-hydrogen) atoms. The zero-order chi connectivity index (χ0) is 24.9. The van der Waals surface area contributed by atoms with E-state index in [2.05, 4.69) is 127 Å². The molecule has 1 atom stereocenters. The lowest BCUT2D eigenvalue weighted by Crippen LogP contribution is -2.04. The average Bonchev–Trinajstić information content (AvgIpc) is 2.96. The Morgan fingerprint density at radius 2 is 0.973 bits per heavy atom. The van der Waals surface area contributed by atoms with E-state index in [1.54, 1.807) is 0 Å². The minimum absolute atomic E-state index is 0.0220. The second kappa shape index (κ2) is 8.58. The summed E-state index contributed by atoms with van der Waals surface area (Å²) in [5, 5.41) is 10.3. The summed E-state index contributed by atoms with van der Waals surface area (Å²) < 4.78 is 0. The average molecular weight is 474 g/mol. The lowest BCUT2D eigenvalue weighted by Gasteiger charge is -2.17. The van der Waals surface area contributed by atoms with Crippen LogP contribution in [0.2, 0.25) is 0 Å². The smallest absolute Gasteiger partial charge is 0.0266 e. The van der Waals surface area contributed by atoms with Crippen LogP contribution in [-0.2, 0) is 0 Å². The first-order chi connectivity index (χ1) is 18.2. The zero-order valence-electron chi connectivity index (χ0n) is 20.8. The molecular formula is C36H27N. The van der Waals surface area contributed by atoms with E-state index in [-0.39, 0.29) is 6.04 Å². The van der Waals surface area contributed by atoms with Gasteiger partial charge in [0.2, 0.25) is 0 Å². The highest BCUT2D eigenvalue weighted by Crippen LogP contribution is 2.42. The van der Waals surface area contributed by atoms with Gasteiger partial charge in [0, 0.05) is 6.04 Å². The van der Waals surface area contributed by atoms with Gasteiger partial charge in [0.25, 0.3) is 0 Å². The number of hydrogen-bond donors (Lipinski definition) is 1. The fourth-order valence-corrected chi connectivity index (χ4v) is 5.85. The van der Waals surface area contributed by atoms with Crippen molar-refractivity contribution in [2.24, 2.45) is 5.73 Å². The van der Waals surface area contributed by atoms with Crippen LogP contribution in [0, 0.1) is 0 Å². The molecule has 0 aromatic heterocycles. The summed E-state index contributed by atoms with van der Waals surface area (Å²) >= 11 is 0. The molecule has 0 aliphatic heterocycles. The molecule has 176 valence electrons. The molecule has 0 saturated carbocycles. The molecule has 0 bridgehead atoms. The Bertz CT molecular complexity index is 1910. The normalized spacial score (nSPS) is 12.5. The van der Waals surface area contributed by atoms with Crippen LogP contribution in [0.4, 0.5) is 0 Å². The number of hydrogen-bond acceptors (Lipinski definition) is 1. The van der Waals surface area contributed by atoms with Crippen LogP contribution in [-0.4, -0.2) is 0 Å². The fraction of sp³-hybridized carbons (Fsp3) is 0.0556. The summed E-state index contributed by atoms with van der Waals surface area (Å²) in [5.74, 6) is 0. The van der Waals surface area contributed by atoms with Crippen molar-refractivity contribution in [2.45, 2.75) is 13.0 Å². The second-order valence-electron chi connectivity index (χ2n) is 9.97. The predicted octanol–water partition coefficient (Wildman–Crippen LogP) is 9.65. The maximum Gasteiger partial charge on any atom is 0.0266 e. The van der Waals surface area contributed by atoms with Crippen LogP contribution >= 0.6 is 0 Å². The largest absolute Gasteiger partial charge is 0.324 e. The highest BCUT2D eigenvalue weighted by Gasteiger charge is 2.15. The third kappa shape index (κ3) is 3.51. The van der Waals surface area contributed by atoms with E-state index in [0.29, 0.717) is 0 Å². The van der Waals surface area contributed by atoms with Gasteiger partial charge in [0.05, 0.1) is 0 Å². The summed E-state index contributed by atoms with van der Waals surface area (Å²) in [4.78, 5) is 0. The summed E-state index contributed by atoms with van der Waals surface area (Å²) in [6, 6.07) is 46.5. The Hall–Kier alpha value is -4.46. The quantitative estimate of drug-likeness (QED) is 0.254. The lowest BCUT2D eigenvalue weighted by atomic mass is 9.87. The molecule has 0 radical (unpaired) electrons. The molecule has 0 heterocycles. The topological polar surface area (TPSA) is 26.0 Å². The van der Waals surface area contributed by atoms with E-state index in [0.717, 1.165) is 5.56 Å². The highest BCUT2D eigenvalue weighted by atomic mass is 14.6. The maximum atomic E-state index is 6.14. The highest BCUT2D eigenvalue weighted by molar-refractivity contribution is 6.26. The maximum absolute atomic E-state index is 6.14. The molecule has 1 nitrogen and oxygen atoms in total. The minimum Gasteiger partial charge on any atom is -0.324 e. The minimum atomic E-state index is 0.0220. The van der Waals surface area contributed by atoms with Crippen molar-refractivity contribution >= 4 is 43.1 Å². The summed E-state index contributed by atoms with van der Waals surface area (Å²) in [6.45, 7) is 2.03. The third-order valence-electron chi connectivity index (χ3n) is 7.71. The Kier molecular flexibility index (Phi) is 5.06. The lowest BCUT2D eigenvalue weighted by molar-refractivity contribution is 0.818. The Balaban J connectivity index is 1.56. The fourth-order valence-electron chi connectivity index (χ4n) is 5.85. The van der Waals surface area contributed by atoms with Crippen LogP contribution in [0.3, 0.4) is 0 Å². The molecule has 2 N–H and O–H groups in total. The van der Waals surface area contributed by atoms with Crippen LogP contribution in [0.5, 0.6) is 0 Å². The van der Waals surface area contributed by atoms with Crippen molar-refractivity contribution in [3.63, 3.8) is 0 Å². The van der Waals surface area contributed by atoms with Gasteiger partial charge < -0.3 is 5.73 Å². The van der Waals surface area contributed by atoms with Crippen molar-refractivity contribution in [1.29, 1.82) is 0 Å². The van der Waals surface area contributed by atoms with Crippen LogP contribution in [0.1, 0.15) is 18.5 Å². The van der Waals surface area contributed by atoms with E-state index in [9.17, 15) is 0 Å². The Morgan fingerprint density at radius 1 is 0.459 bits per heavy atom. The molecule has 7 aromatic carbocycles. The van der Waals surface area contributed by atoms with Gasteiger partial charge in [-0.2, -0.15) is 0 Å². The van der Waals surface area contributed by atoms with Crippen molar-refractivity contribution in [3.05, 3.63) is 133 Å². The first-order valence-electron chi connectivity index (χ1n) is 12.9. The number of benzene rings is 7. The number of nitrogens with two attached hydrogens (primary N) is 1. The molecule has 7 aromatic rings. The van der Waals surface area contributed by atoms with Crippen molar-refractivity contribution in [1.82, 2.24) is 0 Å². The van der Waals surface area contributed by atoms with Crippen LogP contribution < -0.4 is 5.73 Å². The molecule has 0 fully saturated rings. The van der Waals surface area contributed by atoms with Gasteiger partial charge in [0.1, 0.15) is 0 Å². The molecule has 0 amide bonds. The van der Waals surface area contributed by atoms with Crippen molar-refractivity contribution in [3.8, 4) is 22.3 Å². The van der Waals surface area contributed by atoms with Gasteiger partial charge >= 0.3 is 0 Å². The third-order valence-corrected chi connectivity index (χ3v) is 7.71. The molecule has 0 saturated heterocycles. The predicted molar refractivity (Wildman–Crippen MR) is 160 cm³/mol. The molecule has 7 rings (SSSR count). The zero-order valence-corrected chi connectivity index (χ0v) is 20.8. The van der Waals surface area contributed by atoms with Crippen molar-refractivity contribution < 1.29 is 0 Å². The molecule has 0 spiro atoms. The van der Waals surface area contributed by atoms with E-state index < -0.39 is 0 Å². The molecular weight excluding hydrogens is 446 g/mol. The van der Waals surface area contributed by atoms with Gasteiger partial charge in [-0.3, -0.25) is 0 Å². The monoisotopic (exact) mass is 473 g/mol. The Labute approximate surface area is 216 Å². The van der Waals surface area contributed by atoms with E-state index in [4.69, 9.17) is 5.73 Å². The van der Waals surface area contributed by atoms with Crippen LogP contribution in [0.15, 0.2) is 127 Å². The summed E-state index contributed by atoms with van der Waals surface area (Å²) in [6.07, 6.45) is 0. The van der Waals surface area contributed by atoms with Gasteiger partial charge in [-0.15, -0.1) is 0 Å². The first kappa shape index (κ1) is 21.8.